The van der Waals surface area contributed by atoms with Crippen LogP contribution in [0.25, 0.3) is 0 Å². The lowest BCUT2D eigenvalue weighted by atomic mass is 10.2. The second kappa shape index (κ2) is 3.62. The lowest BCUT2D eigenvalue weighted by molar-refractivity contribution is 0.996. The number of pyridine rings is 1. The van der Waals surface area contributed by atoms with Gasteiger partial charge in [-0.15, -0.1) is 0 Å². The number of aryl methyl sites for hydroxylation is 1. The summed E-state index contributed by atoms with van der Waals surface area (Å²) >= 11 is 0. The molecule has 0 aliphatic rings. The SMILES string of the molecule is N#CCCc1cccnc1. The van der Waals surface area contributed by atoms with E-state index in [2.05, 4.69) is 11.1 Å². The van der Waals surface area contributed by atoms with Gasteiger partial charge in [-0.3, -0.25) is 4.98 Å². The molecular weight excluding hydrogens is 124 g/mol. The quantitative estimate of drug-likeness (QED) is 0.612. The molecule has 0 saturated heterocycles. The first-order valence-corrected chi connectivity index (χ1v) is 3.19. The average Bonchev–Trinajstić information content (AvgIpc) is 2.03. The zero-order valence-corrected chi connectivity index (χ0v) is 5.62. The van der Waals surface area contributed by atoms with Crippen LogP contribution in [0.2, 0.25) is 0 Å². The van der Waals surface area contributed by atoms with E-state index in [1.807, 2.05) is 12.1 Å². The molecule has 50 valence electrons. The molecule has 0 amide bonds. The van der Waals surface area contributed by atoms with E-state index in [1.54, 1.807) is 12.4 Å². The van der Waals surface area contributed by atoms with E-state index in [1.165, 1.54) is 0 Å². The summed E-state index contributed by atoms with van der Waals surface area (Å²) in [6.45, 7) is 0. The van der Waals surface area contributed by atoms with E-state index in [0.29, 0.717) is 6.42 Å². The molecule has 10 heavy (non-hydrogen) atoms. The molecule has 0 bridgehead atoms. The summed E-state index contributed by atoms with van der Waals surface area (Å²) < 4.78 is 0. The molecule has 1 aromatic rings. The van der Waals surface area contributed by atoms with Gasteiger partial charge in [0.25, 0.3) is 0 Å². The summed E-state index contributed by atoms with van der Waals surface area (Å²) in [5.74, 6) is 0. The van der Waals surface area contributed by atoms with Crippen molar-refractivity contribution in [3.63, 3.8) is 0 Å². The first kappa shape index (κ1) is 6.76. The monoisotopic (exact) mass is 132 g/mol. The summed E-state index contributed by atoms with van der Waals surface area (Å²) in [5.41, 5.74) is 1.13. The van der Waals surface area contributed by atoms with Crippen molar-refractivity contribution in [2.75, 3.05) is 0 Å². The van der Waals surface area contributed by atoms with Gasteiger partial charge in [0.15, 0.2) is 0 Å². The topological polar surface area (TPSA) is 36.7 Å². The van der Waals surface area contributed by atoms with Crippen LogP contribution >= 0.6 is 0 Å². The Hall–Kier alpha value is -1.36. The Labute approximate surface area is 60.1 Å². The van der Waals surface area contributed by atoms with Gasteiger partial charge in [0.1, 0.15) is 0 Å². The van der Waals surface area contributed by atoms with Gasteiger partial charge in [0.05, 0.1) is 6.07 Å². The lowest BCUT2D eigenvalue weighted by Crippen LogP contribution is -1.82. The molecule has 1 rings (SSSR count). The average molecular weight is 132 g/mol. The molecule has 2 heteroatoms. The molecule has 0 aromatic carbocycles. The van der Waals surface area contributed by atoms with Crippen LogP contribution in [0.3, 0.4) is 0 Å². The number of hydrogen-bond acceptors (Lipinski definition) is 2. The third-order valence-corrected chi connectivity index (χ3v) is 1.25. The Balaban J connectivity index is 2.52. The first-order chi connectivity index (χ1) is 4.93. The normalized spacial score (nSPS) is 8.70. The highest BCUT2D eigenvalue weighted by atomic mass is 14.6. The maximum absolute atomic E-state index is 8.26. The molecule has 0 saturated carbocycles. The van der Waals surface area contributed by atoms with Gasteiger partial charge in [0.2, 0.25) is 0 Å². The van der Waals surface area contributed by atoms with Crippen LogP contribution < -0.4 is 0 Å². The van der Waals surface area contributed by atoms with Crippen LogP contribution in [0, 0.1) is 11.3 Å². The third-order valence-electron chi connectivity index (χ3n) is 1.25. The zero-order valence-electron chi connectivity index (χ0n) is 5.62. The molecule has 0 spiro atoms. The van der Waals surface area contributed by atoms with Crippen molar-refractivity contribution in [2.45, 2.75) is 12.8 Å². The van der Waals surface area contributed by atoms with Crippen LogP contribution in [0.15, 0.2) is 24.5 Å². The largest absolute Gasteiger partial charge is 0.264 e. The Morgan fingerprint density at radius 2 is 2.50 bits per heavy atom. The van der Waals surface area contributed by atoms with E-state index in [4.69, 9.17) is 5.26 Å². The van der Waals surface area contributed by atoms with Gasteiger partial charge in [-0.1, -0.05) is 6.07 Å². The molecule has 0 aliphatic heterocycles. The highest BCUT2D eigenvalue weighted by molar-refractivity contribution is 5.09. The van der Waals surface area contributed by atoms with Crippen molar-refractivity contribution >= 4 is 0 Å². The van der Waals surface area contributed by atoms with Gasteiger partial charge >= 0.3 is 0 Å². The highest BCUT2D eigenvalue weighted by Gasteiger charge is 1.88. The zero-order chi connectivity index (χ0) is 7.23. The van der Waals surface area contributed by atoms with E-state index in [0.717, 1.165) is 12.0 Å². The summed E-state index contributed by atoms with van der Waals surface area (Å²) in [6.07, 6.45) is 4.91. The van der Waals surface area contributed by atoms with Crippen LogP contribution in [0.1, 0.15) is 12.0 Å². The molecule has 0 N–H and O–H groups in total. The Morgan fingerprint density at radius 1 is 1.60 bits per heavy atom. The van der Waals surface area contributed by atoms with Crippen LogP contribution in [0.4, 0.5) is 0 Å². The van der Waals surface area contributed by atoms with Crippen molar-refractivity contribution in [1.29, 1.82) is 5.26 Å². The maximum Gasteiger partial charge on any atom is 0.0625 e. The first-order valence-electron chi connectivity index (χ1n) is 3.19. The second-order valence-electron chi connectivity index (χ2n) is 2.02. The molecule has 0 fully saturated rings. The van der Waals surface area contributed by atoms with Crippen molar-refractivity contribution < 1.29 is 0 Å². The Kier molecular flexibility index (Phi) is 2.45. The fraction of sp³-hybridized carbons (Fsp3) is 0.250. The third kappa shape index (κ3) is 1.87. The van der Waals surface area contributed by atoms with Crippen LogP contribution in [-0.4, -0.2) is 4.98 Å². The number of aromatic nitrogens is 1. The minimum absolute atomic E-state index is 0.575. The fourth-order valence-electron chi connectivity index (χ4n) is 0.746. The van der Waals surface area contributed by atoms with Crippen molar-refractivity contribution in [3.05, 3.63) is 30.1 Å². The minimum Gasteiger partial charge on any atom is -0.264 e. The van der Waals surface area contributed by atoms with Gasteiger partial charge in [-0.25, -0.2) is 0 Å². The van der Waals surface area contributed by atoms with E-state index >= 15 is 0 Å². The molecule has 1 aromatic heterocycles. The predicted molar refractivity (Wildman–Crippen MR) is 38.2 cm³/mol. The summed E-state index contributed by atoms with van der Waals surface area (Å²) in [7, 11) is 0. The van der Waals surface area contributed by atoms with Crippen molar-refractivity contribution in [3.8, 4) is 6.07 Å². The Bertz CT molecular complexity index is 223. The summed E-state index contributed by atoms with van der Waals surface area (Å²) in [6, 6.07) is 5.95. The van der Waals surface area contributed by atoms with E-state index in [9.17, 15) is 0 Å². The molecular formula is C8H8N2. The summed E-state index contributed by atoms with van der Waals surface area (Å²) in [5, 5.41) is 8.26. The fourth-order valence-corrected chi connectivity index (χ4v) is 0.746. The smallest absolute Gasteiger partial charge is 0.0625 e. The standard InChI is InChI=1S/C8H8N2/c9-5-1-3-8-4-2-6-10-7-8/h2,4,6-7H,1,3H2. The minimum atomic E-state index is 0.575. The molecule has 0 unspecified atom stereocenters. The maximum atomic E-state index is 8.26. The van der Waals surface area contributed by atoms with Crippen molar-refractivity contribution in [1.82, 2.24) is 4.98 Å². The lowest BCUT2D eigenvalue weighted by Gasteiger charge is -1.91. The highest BCUT2D eigenvalue weighted by Crippen LogP contribution is 1.98. The van der Waals surface area contributed by atoms with Gasteiger partial charge < -0.3 is 0 Å². The molecule has 0 radical (unpaired) electrons. The molecule has 1 heterocycles. The number of nitrogens with zero attached hydrogens (tertiary/aromatic N) is 2. The predicted octanol–water partition coefficient (Wildman–Crippen LogP) is 1.54. The Morgan fingerprint density at radius 3 is 3.10 bits per heavy atom. The second-order valence-corrected chi connectivity index (χ2v) is 2.02. The van der Waals surface area contributed by atoms with Crippen molar-refractivity contribution in [2.24, 2.45) is 0 Å². The number of hydrogen-bond donors (Lipinski definition) is 0. The van der Waals surface area contributed by atoms with Gasteiger partial charge in [-0.2, -0.15) is 5.26 Å². The number of rotatable bonds is 2. The van der Waals surface area contributed by atoms with Gasteiger partial charge in [-0.05, 0) is 18.1 Å². The molecule has 0 atom stereocenters. The van der Waals surface area contributed by atoms with E-state index < -0.39 is 0 Å². The van der Waals surface area contributed by atoms with E-state index in [-0.39, 0.29) is 0 Å². The van der Waals surface area contributed by atoms with Gasteiger partial charge in [0, 0.05) is 18.8 Å². The number of nitriles is 1. The molecule has 0 aliphatic carbocycles. The van der Waals surface area contributed by atoms with Crippen LogP contribution in [0.5, 0.6) is 0 Å². The summed E-state index contributed by atoms with van der Waals surface area (Å²) in [4.78, 5) is 3.93. The molecule has 2 nitrogen and oxygen atoms in total. The van der Waals surface area contributed by atoms with Crippen LogP contribution in [-0.2, 0) is 6.42 Å².